The quantitative estimate of drug-likeness (QED) is 0.489. The van der Waals surface area contributed by atoms with Gasteiger partial charge in [0, 0.05) is 36.6 Å². The molecule has 2 aromatic carbocycles. The number of anilines is 2. The summed E-state index contributed by atoms with van der Waals surface area (Å²) in [5, 5.41) is 5.83. The Hall–Kier alpha value is -4.27. The van der Waals surface area contributed by atoms with Crippen molar-refractivity contribution in [2.75, 3.05) is 44.1 Å². The van der Waals surface area contributed by atoms with Crippen LogP contribution in [0, 0.1) is 0 Å². The van der Waals surface area contributed by atoms with Gasteiger partial charge >= 0.3 is 0 Å². The largest absolute Gasteiger partial charge is 0.497 e. The molecule has 0 saturated carbocycles. The van der Waals surface area contributed by atoms with Crippen LogP contribution in [-0.4, -0.2) is 56.8 Å². The monoisotopic (exact) mass is 476 g/mol. The van der Waals surface area contributed by atoms with Gasteiger partial charge in [0.15, 0.2) is 18.1 Å². The van der Waals surface area contributed by atoms with Crippen LogP contribution >= 0.6 is 0 Å². The number of pyridine rings is 1. The molecule has 0 aliphatic carbocycles. The average molecular weight is 477 g/mol. The minimum atomic E-state index is -0.322. The third-order valence-electron chi connectivity index (χ3n) is 5.66. The van der Waals surface area contributed by atoms with Crippen molar-refractivity contribution in [3.8, 4) is 17.2 Å². The number of aromatic nitrogens is 1. The summed E-state index contributed by atoms with van der Waals surface area (Å²) in [7, 11) is 3.07. The Bertz CT molecular complexity index is 1150. The lowest BCUT2D eigenvalue weighted by molar-refractivity contribution is -0.118. The number of rotatable bonds is 9. The van der Waals surface area contributed by atoms with E-state index >= 15 is 0 Å². The number of hydrogen-bond acceptors (Lipinski definition) is 7. The number of carbonyl (C=O) groups excluding carboxylic acids is 2. The minimum absolute atomic E-state index is 0.0214. The van der Waals surface area contributed by atoms with E-state index in [9.17, 15) is 9.59 Å². The van der Waals surface area contributed by atoms with Crippen LogP contribution in [0.15, 0.2) is 66.9 Å². The number of benzene rings is 2. The van der Waals surface area contributed by atoms with Crippen molar-refractivity contribution in [2.45, 2.75) is 12.5 Å². The lowest BCUT2D eigenvalue weighted by Crippen LogP contribution is -2.37. The van der Waals surface area contributed by atoms with Gasteiger partial charge in [0.2, 0.25) is 0 Å². The van der Waals surface area contributed by atoms with E-state index in [0.717, 1.165) is 18.8 Å². The normalized spacial score (nSPS) is 14.8. The predicted octanol–water partition coefficient (Wildman–Crippen LogP) is 3.13. The standard InChI is InChI=1S/C26H28N4O5/c1-33-21-9-7-19(8-10-21)28-25(31)17-35-22-11-6-18(15-23(22)34-2)26(32)29-20-12-14-30(16-20)24-5-3-4-13-27-24/h3-11,13,15,20H,12,14,16-17H2,1-2H3,(H,28,31)(H,29,32). The van der Waals surface area contributed by atoms with Crippen molar-refractivity contribution in [1.82, 2.24) is 10.3 Å². The molecule has 0 radical (unpaired) electrons. The second kappa shape index (κ2) is 11.2. The lowest BCUT2D eigenvalue weighted by atomic mass is 10.1. The fourth-order valence-corrected chi connectivity index (χ4v) is 3.84. The van der Waals surface area contributed by atoms with Gasteiger partial charge in [-0.15, -0.1) is 0 Å². The maximum Gasteiger partial charge on any atom is 0.262 e. The molecule has 2 amide bonds. The third-order valence-corrected chi connectivity index (χ3v) is 5.66. The first-order valence-electron chi connectivity index (χ1n) is 11.3. The molecule has 1 unspecified atom stereocenters. The molecule has 1 atom stereocenters. The molecule has 0 spiro atoms. The zero-order valence-electron chi connectivity index (χ0n) is 19.7. The molecule has 0 bridgehead atoms. The summed E-state index contributed by atoms with van der Waals surface area (Å²) in [5.74, 6) is 1.83. The van der Waals surface area contributed by atoms with Gasteiger partial charge in [-0.3, -0.25) is 9.59 Å². The van der Waals surface area contributed by atoms with E-state index in [1.165, 1.54) is 7.11 Å². The SMILES string of the molecule is COc1ccc(NC(=O)COc2ccc(C(=O)NC3CCN(c4ccccn4)C3)cc2OC)cc1. The van der Waals surface area contributed by atoms with E-state index in [4.69, 9.17) is 14.2 Å². The van der Waals surface area contributed by atoms with Gasteiger partial charge < -0.3 is 29.7 Å². The minimum Gasteiger partial charge on any atom is -0.497 e. The van der Waals surface area contributed by atoms with Gasteiger partial charge in [-0.25, -0.2) is 4.98 Å². The number of ether oxygens (including phenoxy) is 3. The number of methoxy groups -OCH3 is 2. The Labute approximate surface area is 204 Å². The Morgan fingerprint density at radius 3 is 2.57 bits per heavy atom. The fourth-order valence-electron chi connectivity index (χ4n) is 3.84. The van der Waals surface area contributed by atoms with E-state index in [0.29, 0.717) is 35.0 Å². The molecule has 2 N–H and O–H groups in total. The summed E-state index contributed by atoms with van der Waals surface area (Å²) >= 11 is 0. The van der Waals surface area contributed by atoms with Gasteiger partial charge in [-0.2, -0.15) is 0 Å². The number of amides is 2. The van der Waals surface area contributed by atoms with Crippen LogP contribution in [-0.2, 0) is 4.79 Å². The first-order valence-corrected chi connectivity index (χ1v) is 11.3. The molecule has 9 nitrogen and oxygen atoms in total. The lowest BCUT2D eigenvalue weighted by Gasteiger charge is -2.18. The number of nitrogens with one attached hydrogen (secondary N) is 2. The summed E-state index contributed by atoms with van der Waals surface area (Å²) in [6.45, 7) is 1.32. The van der Waals surface area contributed by atoms with E-state index in [-0.39, 0.29) is 24.5 Å². The van der Waals surface area contributed by atoms with Gasteiger partial charge in [-0.1, -0.05) is 6.07 Å². The molecular weight excluding hydrogens is 448 g/mol. The van der Waals surface area contributed by atoms with Gasteiger partial charge in [0.25, 0.3) is 11.8 Å². The molecule has 1 fully saturated rings. The predicted molar refractivity (Wildman–Crippen MR) is 132 cm³/mol. The first-order chi connectivity index (χ1) is 17.1. The van der Waals surface area contributed by atoms with Crippen LogP contribution < -0.4 is 29.7 Å². The second-order valence-corrected chi connectivity index (χ2v) is 8.02. The zero-order valence-corrected chi connectivity index (χ0v) is 19.7. The van der Waals surface area contributed by atoms with E-state index in [1.54, 1.807) is 55.8 Å². The van der Waals surface area contributed by atoms with Crippen molar-refractivity contribution >= 4 is 23.3 Å². The second-order valence-electron chi connectivity index (χ2n) is 8.02. The highest BCUT2D eigenvalue weighted by Gasteiger charge is 2.25. The van der Waals surface area contributed by atoms with Gasteiger partial charge in [0.1, 0.15) is 11.6 Å². The molecule has 182 valence electrons. The molecule has 1 aliphatic heterocycles. The van der Waals surface area contributed by atoms with Crippen molar-refractivity contribution in [3.05, 3.63) is 72.4 Å². The molecule has 3 aromatic rings. The van der Waals surface area contributed by atoms with Crippen LogP contribution in [0.2, 0.25) is 0 Å². The highest BCUT2D eigenvalue weighted by Crippen LogP contribution is 2.28. The summed E-state index contributed by atoms with van der Waals surface area (Å²) in [4.78, 5) is 31.6. The number of hydrogen-bond donors (Lipinski definition) is 2. The van der Waals surface area contributed by atoms with E-state index in [1.807, 2.05) is 18.2 Å². The van der Waals surface area contributed by atoms with Gasteiger partial charge in [-0.05, 0) is 61.0 Å². The van der Waals surface area contributed by atoms with Crippen molar-refractivity contribution < 1.29 is 23.8 Å². The van der Waals surface area contributed by atoms with Crippen LogP contribution in [0.4, 0.5) is 11.5 Å². The smallest absolute Gasteiger partial charge is 0.262 e. The van der Waals surface area contributed by atoms with E-state index < -0.39 is 0 Å². The van der Waals surface area contributed by atoms with Crippen molar-refractivity contribution in [2.24, 2.45) is 0 Å². The van der Waals surface area contributed by atoms with Crippen molar-refractivity contribution in [3.63, 3.8) is 0 Å². The summed E-state index contributed by atoms with van der Waals surface area (Å²) < 4.78 is 16.1. The first kappa shape index (κ1) is 23.9. The Kier molecular flexibility index (Phi) is 7.67. The third kappa shape index (κ3) is 6.20. The summed E-state index contributed by atoms with van der Waals surface area (Å²) in [5.41, 5.74) is 1.08. The average Bonchev–Trinajstić information content (AvgIpc) is 3.36. The van der Waals surface area contributed by atoms with Crippen LogP contribution in [0.5, 0.6) is 17.2 Å². The molecular formula is C26H28N4O5. The van der Waals surface area contributed by atoms with Crippen LogP contribution in [0.3, 0.4) is 0 Å². The Balaban J connectivity index is 1.31. The molecule has 2 heterocycles. The summed E-state index contributed by atoms with van der Waals surface area (Å²) in [6.07, 6.45) is 2.60. The highest BCUT2D eigenvalue weighted by atomic mass is 16.5. The van der Waals surface area contributed by atoms with Crippen LogP contribution in [0.25, 0.3) is 0 Å². The molecule has 1 aliphatic rings. The molecule has 9 heteroatoms. The van der Waals surface area contributed by atoms with Crippen molar-refractivity contribution in [1.29, 1.82) is 0 Å². The summed E-state index contributed by atoms with van der Waals surface area (Å²) in [6, 6.07) is 17.7. The molecule has 1 saturated heterocycles. The maximum absolute atomic E-state index is 12.8. The maximum atomic E-state index is 12.8. The van der Waals surface area contributed by atoms with E-state index in [2.05, 4.69) is 20.5 Å². The van der Waals surface area contributed by atoms with Gasteiger partial charge in [0.05, 0.1) is 14.2 Å². The highest BCUT2D eigenvalue weighted by molar-refractivity contribution is 5.95. The number of carbonyl (C=O) groups is 2. The Morgan fingerprint density at radius 1 is 1.03 bits per heavy atom. The topological polar surface area (TPSA) is 102 Å². The zero-order chi connectivity index (χ0) is 24.6. The number of nitrogens with zero attached hydrogens (tertiary/aromatic N) is 2. The van der Waals surface area contributed by atoms with Crippen LogP contribution in [0.1, 0.15) is 16.8 Å². The Morgan fingerprint density at radius 2 is 1.86 bits per heavy atom. The molecule has 35 heavy (non-hydrogen) atoms. The molecule has 4 rings (SSSR count). The fraction of sp³-hybridized carbons (Fsp3) is 0.269. The molecule has 1 aromatic heterocycles.